The second kappa shape index (κ2) is 8.27. The molecule has 0 unspecified atom stereocenters. The third-order valence-corrected chi connectivity index (χ3v) is 4.52. The Kier molecular flexibility index (Phi) is 6.33. The molecular formula is C19H26N2O4. The average molecular weight is 346 g/mol. The van der Waals surface area contributed by atoms with E-state index in [9.17, 15) is 19.8 Å². The second-order valence-corrected chi connectivity index (χ2v) is 6.87. The number of amides is 2. The van der Waals surface area contributed by atoms with Crippen molar-refractivity contribution >= 4 is 11.8 Å². The van der Waals surface area contributed by atoms with Crippen molar-refractivity contribution < 1.29 is 19.8 Å². The van der Waals surface area contributed by atoms with Crippen LogP contribution in [0.3, 0.4) is 0 Å². The predicted octanol–water partition coefficient (Wildman–Crippen LogP) is 0.451. The van der Waals surface area contributed by atoms with Crippen molar-refractivity contribution in [2.75, 3.05) is 13.1 Å². The van der Waals surface area contributed by atoms with Crippen molar-refractivity contribution in [1.82, 2.24) is 10.6 Å². The number of aliphatic hydroxyl groups is 2. The maximum absolute atomic E-state index is 12.3. The van der Waals surface area contributed by atoms with E-state index in [-0.39, 0.29) is 24.9 Å². The Hall–Kier alpha value is -2.18. The third kappa shape index (κ3) is 4.90. The molecule has 2 amide bonds. The first-order valence-electron chi connectivity index (χ1n) is 8.45. The van der Waals surface area contributed by atoms with Gasteiger partial charge in [0.1, 0.15) is 5.41 Å². The second-order valence-electron chi connectivity index (χ2n) is 6.87. The summed E-state index contributed by atoms with van der Waals surface area (Å²) in [5, 5.41) is 25.3. The van der Waals surface area contributed by atoms with Crippen LogP contribution in [0, 0.1) is 17.3 Å². The fraction of sp³-hybridized carbons (Fsp3) is 0.474. The molecule has 0 radical (unpaired) electrons. The summed E-state index contributed by atoms with van der Waals surface area (Å²) in [5.74, 6) is -1.19. The van der Waals surface area contributed by atoms with E-state index in [1.165, 1.54) is 13.8 Å². The zero-order valence-electron chi connectivity index (χ0n) is 14.6. The first-order chi connectivity index (χ1) is 11.8. The van der Waals surface area contributed by atoms with E-state index in [0.717, 1.165) is 0 Å². The molecule has 6 heteroatoms. The molecule has 0 saturated carbocycles. The Balaban J connectivity index is 1.79. The van der Waals surface area contributed by atoms with Crippen molar-refractivity contribution in [3.05, 3.63) is 48.6 Å². The Morgan fingerprint density at radius 2 is 1.16 bits per heavy atom. The Morgan fingerprint density at radius 1 is 0.840 bits per heavy atom. The van der Waals surface area contributed by atoms with Gasteiger partial charge in [-0.15, -0.1) is 0 Å². The van der Waals surface area contributed by atoms with E-state index >= 15 is 0 Å². The summed E-state index contributed by atoms with van der Waals surface area (Å²) < 4.78 is 0. The number of rotatable bonds is 8. The van der Waals surface area contributed by atoms with Crippen molar-refractivity contribution in [2.45, 2.75) is 26.1 Å². The zero-order chi connectivity index (χ0) is 18.4. The normalized spacial score (nSPS) is 19.4. The van der Waals surface area contributed by atoms with E-state index < -0.39 is 29.4 Å². The fourth-order valence-corrected chi connectivity index (χ4v) is 2.62. The number of nitrogens with one attached hydrogen (secondary N) is 2. The van der Waals surface area contributed by atoms with Crippen LogP contribution in [0.4, 0.5) is 0 Å². The molecule has 4 N–H and O–H groups in total. The lowest BCUT2D eigenvalue weighted by Gasteiger charge is -2.25. The summed E-state index contributed by atoms with van der Waals surface area (Å²) >= 11 is 0. The number of carbonyl (C=O) groups is 2. The van der Waals surface area contributed by atoms with Crippen LogP contribution >= 0.6 is 0 Å². The molecule has 2 aliphatic rings. The number of hydrogen-bond donors (Lipinski definition) is 4. The molecule has 0 fully saturated rings. The van der Waals surface area contributed by atoms with Crippen LogP contribution in [0.2, 0.25) is 0 Å². The minimum atomic E-state index is -1.30. The third-order valence-electron chi connectivity index (χ3n) is 4.52. The van der Waals surface area contributed by atoms with Crippen LogP contribution in [-0.2, 0) is 9.59 Å². The molecule has 0 bridgehead atoms. The van der Waals surface area contributed by atoms with Crippen LogP contribution in [0.25, 0.3) is 0 Å². The van der Waals surface area contributed by atoms with Gasteiger partial charge in [0.25, 0.3) is 0 Å². The standard InChI is InChI=1S/C19H26N2O4/c1-19(2,17(24)20-11-15(22)13-7-3-4-8-13)18(25)21-12-16(23)14-9-5-6-10-14/h3-10,13-16,22-23H,11-12H2,1-2H3,(H,20,24)(H,21,25)/t15-,16-/m1/s1. The molecule has 0 saturated heterocycles. The summed E-state index contributed by atoms with van der Waals surface area (Å²) in [5.41, 5.74) is -1.30. The van der Waals surface area contributed by atoms with Gasteiger partial charge in [-0.05, 0) is 13.8 Å². The molecule has 0 aromatic rings. The van der Waals surface area contributed by atoms with Crippen molar-refractivity contribution in [3.8, 4) is 0 Å². The van der Waals surface area contributed by atoms with Gasteiger partial charge in [-0.3, -0.25) is 9.59 Å². The van der Waals surface area contributed by atoms with Crippen LogP contribution in [0.5, 0.6) is 0 Å². The minimum absolute atomic E-state index is 0.0647. The molecule has 0 aromatic carbocycles. The summed E-state index contributed by atoms with van der Waals surface area (Å²) in [7, 11) is 0. The Morgan fingerprint density at radius 3 is 1.48 bits per heavy atom. The predicted molar refractivity (Wildman–Crippen MR) is 95.4 cm³/mol. The smallest absolute Gasteiger partial charge is 0.235 e. The van der Waals surface area contributed by atoms with Gasteiger partial charge in [0.2, 0.25) is 11.8 Å². The lowest BCUT2D eigenvalue weighted by atomic mass is 9.90. The first-order valence-corrected chi connectivity index (χ1v) is 8.45. The highest BCUT2D eigenvalue weighted by Gasteiger charge is 2.36. The summed E-state index contributed by atoms with van der Waals surface area (Å²) in [4.78, 5) is 24.6. The lowest BCUT2D eigenvalue weighted by molar-refractivity contribution is -0.142. The molecule has 0 heterocycles. The molecule has 2 aliphatic carbocycles. The van der Waals surface area contributed by atoms with E-state index in [1.807, 2.05) is 48.6 Å². The molecule has 0 aromatic heterocycles. The molecule has 2 rings (SSSR count). The van der Waals surface area contributed by atoms with Gasteiger partial charge in [0.05, 0.1) is 12.2 Å². The summed E-state index contributed by atoms with van der Waals surface area (Å²) in [6, 6.07) is 0. The molecule has 25 heavy (non-hydrogen) atoms. The number of allylic oxidation sites excluding steroid dienone is 4. The Labute approximate surface area is 148 Å². The molecular weight excluding hydrogens is 320 g/mol. The minimum Gasteiger partial charge on any atom is -0.390 e. The van der Waals surface area contributed by atoms with Gasteiger partial charge in [-0.25, -0.2) is 0 Å². The van der Waals surface area contributed by atoms with E-state index in [0.29, 0.717) is 0 Å². The van der Waals surface area contributed by atoms with Crippen molar-refractivity contribution in [1.29, 1.82) is 0 Å². The summed E-state index contributed by atoms with van der Waals surface area (Å²) in [6.07, 6.45) is 13.3. The highest BCUT2D eigenvalue weighted by atomic mass is 16.3. The SMILES string of the molecule is CC(C)(C(=O)NC[C@@H](O)C1C=CC=C1)C(=O)NC[C@@H](O)C1C=CC=C1. The van der Waals surface area contributed by atoms with Crippen molar-refractivity contribution in [3.63, 3.8) is 0 Å². The number of aliphatic hydroxyl groups excluding tert-OH is 2. The van der Waals surface area contributed by atoms with E-state index in [4.69, 9.17) is 0 Å². The fourth-order valence-electron chi connectivity index (χ4n) is 2.62. The summed E-state index contributed by atoms with van der Waals surface area (Å²) in [6.45, 7) is 3.16. The van der Waals surface area contributed by atoms with E-state index in [1.54, 1.807) is 0 Å². The molecule has 6 nitrogen and oxygen atoms in total. The number of carbonyl (C=O) groups excluding carboxylic acids is 2. The monoisotopic (exact) mass is 346 g/mol. The van der Waals surface area contributed by atoms with Crippen LogP contribution in [0.15, 0.2) is 48.6 Å². The maximum Gasteiger partial charge on any atom is 0.235 e. The van der Waals surface area contributed by atoms with Gasteiger partial charge < -0.3 is 20.8 Å². The van der Waals surface area contributed by atoms with Gasteiger partial charge in [0, 0.05) is 24.9 Å². The quantitative estimate of drug-likeness (QED) is 0.480. The van der Waals surface area contributed by atoms with Crippen LogP contribution in [-0.4, -0.2) is 47.3 Å². The van der Waals surface area contributed by atoms with E-state index in [2.05, 4.69) is 10.6 Å². The average Bonchev–Trinajstić information content (AvgIpc) is 3.29. The topological polar surface area (TPSA) is 98.7 Å². The largest absolute Gasteiger partial charge is 0.390 e. The zero-order valence-corrected chi connectivity index (χ0v) is 14.6. The molecule has 0 spiro atoms. The van der Waals surface area contributed by atoms with Crippen LogP contribution < -0.4 is 10.6 Å². The first kappa shape index (κ1) is 19.1. The maximum atomic E-state index is 12.3. The van der Waals surface area contributed by atoms with Gasteiger partial charge in [-0.2, -0.15) is 0 Å². The molecule has 0 aliphatic heterocycles. The highest BCUT2D eigenvalue weighted by Crippen LogP contribution is 2.18. The van der Waals surface area contributed by atoms with Gasteiger partial charge in [0.15, 0.2) is 0 Å². The molecule has 136 valence electrons. The van der Waals surface area contributed by atoms with Gasteiger partial charge in [-0.1, -0.05) is 48.6 Å². The lowest BCUT2D eigenvalue weighted by Crippen LogP contribution is -2.51. The van der Waals surface area contributed by atoms with Crippen molar-refractivity contribution in [2.24, 2.45) is 17.3 Å². The molecule has 2 atom stereocenters. The highest BCUT2D eigenvalue weighted by molar-refractivity contribution is 6.04. The van der Waals surface area contributed by atoms with Crippen LogP contribution in [0.1, 0.15) is 13.8 Å². The Bertz CT molecular complexity index is 543. The number of hydrogen-bond acceptors (Lipinski definition) is 4. The van der Waals surface area contributed by atoms with Gasteiger partial charge >= 0.3 is 0 Å².